The zero-order chi connectivity index (χ0) is 10.4. The van der Waals surface area contributed by atoms with Crippen LogP contribution in [-0.4, -0.2) is 16.8 Å². The van der Waals surface area contributed by atoms with E-state index in [2.05, 4.69) is 10.0 Å². The monoisotopic (exact) mass is 191 g/mol. The normalized spacial score (nSPS) is 10.0. The van der Waals surface area contributed by atoms with Gasteiger partial charge in [0, 0.05) is 17.0 Å². The Morgan fingerprint density at radius 3 is 2.93 bits per heavy atom. The summed E-state index contributed by atoms with van der Waals surface area (Å²) in [5.41, 5.74) is 8.48. The summed E-state index contributed by atoms with van der Waals surface area (Å²) in [7, 11) is 0. The van der Waals surface area contributed by atoms with Crippen LogP contribution < -0.4 is 0 Å². The molecule has 0 aliphatic rings. The predicted molar refractivity (Wildman–Crippen MR) is 52.8 cm³/mol. The Kier molecular flexibility index (Phi) is 3.41. The molecule has 14 heavy (non-hydrogen) atoms. The number of rotatable bonds is 3. The smallest absolute Gasteiger partial charge is 0.123 e. The van der Waals surface area contributed by atoms with E-state index in [0.29, 0.717) is 5.56 Å². The molecule has 0 amide bonds. The van der Waals surface area contributed by atoms with E-state index in [1.54, 1.807) is 12.2 Å². The van der Waals surface area contributed by atoms with Crippen LogP contribution in [0.15, 0.2) is 29.4 Å². The number of azide groups is 1. The summed E-state index contributed by atoms with van der Waals surface area (Å²) in [4.78, 5) is 2.57. The Hall–Kier alpha value is -2.13. The SMILES string of the molecule is [N-]=[N+]=NCC=Cc1cc(O)ccc1O. The lowest BCUT2D eigenvalue weighted by Crippen LogP contribution is -1.75. The summed E-state index contributed by atoms with van der Waals surface area (Å²) >= 11 is 0. The highest BCUT2D eigenvalue weighted by Crippen LogP contribution is 2.22. The van der Waals surface area contributed by atoms with Gasteiger partial charge in [0.2, 0.25) is 0 Å². The van der Waals surface area contributed by atoms with E-state index in [1.165, 1.54) is 18.2 Å². The van der Waals surface area contributed by atoms with Gasteiger partial charge in [-0.3, -0.25) is 0 Å². The summed E-state index contributed by atoms with van der Waals surface area (Å²) < 4.78 is 0. The average Bonchev–Trinajstić information content (AvgIpc) is 2.18. The second-order valence-electron chi connectivity index (χ2n) is 2.56. The molecule has 0 atom stereocenters. The van der Waals surface area contributed by atoms with Crippen LogP contribution in [0.1, 0.15) is 5.56 Å². The van der Waals surface area contributed by atoms with Gasteiger partial charge in [0.1, 0.15) is 11.5 Å². The maximum absolute atomic E-state index is 9.33. The van der Waals surface area contributed by atoms with Crippen molar-refractivity contribution in [1.82, 2.24) is 0 Å². The Labute approximate surface area is 80.6 Å². The third kappa shape index (κ3) is 2.73. The van der Waals surface area contributed by atoms with Crippen LogP contribution in [0, 0.1) is 0 Å². The zero-order valence-corrected chi connectivity index (χ0v) is 7.33. The number of nitrogens with zero attached hydrogens (tertiary/aromatic N) is 3. The van der Waals surface area contributed by atoms with Gasteiger partial charge < -0.3 is 10.2 Å². The molecule has 72 valence electrons. The van der Waals surface area contributed by atoms with Crippen molar-refractivity contribution >= 4 is 6.08 Å². The van der Waals surface area contributed by atoms with Crippen molar-refractivity contribution in [3.63, 3.8) is 0 Å². The second-order valence-corrected chi connectivity index (χ2v) is 2.56. The Bertz CT molecular complexity index is 395. The van der Waals surface area contributed by atoms with Gasteiger partial charge in [-0.2, -0.15) is 0 Å². The van der Waals surface area contributed by atoms with Crippen molar-refractivity contribution in [3.05, 3.63) is 40.3 Å². The first-order valence-corrected chi connectivity index (χ1v) is 3.93. The molecule has 0 unspecified atom stereocenters. The Morgan fingerprint density at radius 2 is 2.21 bits per heavy atom. The molecule has 0 aliphatic carbocycles. The highest BCUT2D eigenvalue weighted by molar-refractivity contribution is 5.58. The fraction of sp³-hybridized carbons (Fsp3) is 0.111. The zero-order valence-electron chi connectivity index (χ0n) is 7.33. The van der Waals surface area contributed by atoms with Crippen molar-refractivity contribution in [2.45, 2.75) is 0 Å². The van der Waals surface area contributed by atoms with Crippen molar-refractivity contribution in [2.75, 3.05) is 6.54 Å². The molecule has 0 aliphatic heterocycles. The topological polar surface area (TPSA) is 89.2 Å². The van der Waals surface area contributed by atoms with Crippen LogP contribution in [-0.2, 0) is 0 Å². The van der Waals surface area contributed by atoms with Gasteiger partial charge in [0.05, 0.1) is 0 Å². The number of phenolic OH excluding ortho intramolecular Hbond substituents is 2. The van der Waals surface area contributed by atoms with Gasteiger partial charge in [-0.05, 0) is 23.7 Å². The lowest BCUT2D eigenvalue weighted by molar-refractivity contribution is 0.459. The molecule has 1 aromatic rings. The van der Waals surface area contributed by atoms with Crippen LogP contribution in [0.4, 0.5) is 0 Å². The summed E-state index contributed by atoms with van der Waals surface area (Å²) in [6, 6.07) is 4.20. The highest BCUT2D eigenvalue weighted by atomic mass is 16.3. The molecular formula is C9H9N3O2. The van der Waals surface area contributed by atoms with Crippen molar-refractivity contribution < 1.29 is 10.2 Å². The first kappa shape index (κ1) is 9.95. The van der Waals surface area contributed by atoms with Gasteiger partial charge in [-0.1, -0.05) is 17.3 Å². The largest absolute Gasteiger partial charge is 0.508 e. The Morgan fingerprint density at radius 1 is 1.43 bits per heavy atom. The molecule has 0 fully saturated rings. The van der Waals surface area contributed by atoms with E-state index in [1.807, 2.05) is 0 Å². The molecule has 2 N–H and O–H groups in total. The minimum absolute atomic E-state index is 0.0694. The second kappa shape index (κ2) is 4.79. The van der Waals surface area contributed by atoms with Gasteiger partial charge in [0.15, 0.2) is 0 Å². The number of benzene rings is 1. The molecule has 5 nitrogen and oxygen atoms in total. The third-order valence-electron chi connectivity index (χ3n) is 1.56. The van der Waals surface area contributed by atoms with Crippen LogP contribution in [0.2, 0.25) is 0 Å². The summed E-state index contributed by atoms with van der Waals surface area (Å²) in [6.07, 6.45) is 3.16. The first-order valence-electron chi connectivity index (χ1n) is 3.93. The molecular weight excluding hydrogens is 182 g/mol. The van der Waals surface area contributed by atoms with E-state index in [-0.39, 0.29) is 18.0 Å². The Balaban J connectivity index is 2.79. The minimum atomic E-state index is 0.0694. The maximum Gasteiger partial charge on any atom is 0.123 e. The number of hydrogen-bond acceptors (Lipinski definition) is 3. The molecule has 0 saturated heterocycles. The summed E-state index contributed by atoms with van der Waals surface area (Å²) in [6.45, 7) is 0.214. The quantitative estimate of drug-likeness (QED) is 0.332. The van der Waals surface area contributed by atoms with Crippen LogP contribution in [0.3, 0.4) is 0 Å². The van der Waals surface area contributed by atoms with Crippen molar-refractivity contribution in [2.24, 2.45) is 5.11 Å². The van der Waals surface area contributed by atoms with Crippen LogP contribution >= 0.6 is 0 Å². The van der Waals surface area contributed by atoms with E-state index in [9.17, 15) is 5.11 Å². The number of hydrogen-bond donors (Lipinski definition) is 2. The molecule has 0 saturated carbocycles. The maximum atomic E-state index is 9.33. The lowest BCUT2D eigenvalue weighted by atomic mass is 10.2. The number of aromatic hydroxyl groups is 2. The van der Waals surface area contributed by atoms with Crippen molar-refractivity contribution in [1.29, 1.82) is 0 Å². The average molecular weight is 191 g/mol. The highest BCUT2D eigenvalue weighted by Gasteiger charge is 1.97. The summed E-state index contributed by atoms with van der Waals surface area (Å²) in [5, 5.41) is 21.7. The standard InChI is InChI=1S/C9H9N3O2/c10-12-11-5-1-2-7-6-8(13)3-4-9(7)14/h1-4,6,13-14H,5H2. The van der Waals surface area contributed by atoms with Gasteiger partial charge in [-0.25, -0.2) is 0 Å². The lowest BCUT2D eigenvalue weighted by Gasteiger charge is -1.98. The molecule has 0 aromatic heterocycles. The van der Waals surface area contributed by atoms with E-state index < -0.39 is 0 Å². The fourth-order valence-electron chi connectivity index (χ4n) is 0.939. The number of phenols is 2. The van der Waals surface area contributed by atoms with Crippen molar-refractivity contribution in [3.8, 4) is 11.5 Å². The van der Waals surface area contributed by atoms with E-state index >= 15 is 0 Å². The van der Waals surface area contributed by atoms with Crippen LogP contribution in [0.25, 0.3) is 16.5 Å². The van der Waals surface area contributed by atoms with Crippen LogP contribution in [0.5, 0.6) is 11.5 Å². The van der Waals surface area contributed by atoms with Gasteiger partial charge in [0.25, 0.3) is 0 Å². The predicted octanol–water partition coefficient (Wildman–Crippen LogP) is 2.42. The molecule has 1 aromatic carbocycles. The molecule has 0 heterocycles. The molecule has 0 bridgehead atoms. The van der Waals surface area contributed by atoms with Gasteiger partial charge >= 0.3 is 0 Å². The summed E-state index contributed by atoms with van der Waals surface area (Å²) in [5.74, 6) is 0.145. The van der Waals surface area contributed by atoms with E-state index in [4.69, 9.17) is 10.6 Å². The minimum Gasteiger partial charge on any atom is -0.508 e. The molecule has 0 spiro atoms. The molecule has 1 rings (SSSR count). The third-order valence-corrected chi connectivity index (χ3v) is 1.56. The molecule has 5 heteroatoms. The van der Waals surface area contributed by atoms with E-state index in [0.717, 1.165) is 0 Å². The molecule has 0 radical (unpaired) electrons. The first-order chi connectivity index (χ1) is 6.74. The fourth-order valence-corrected chi connectivity index (χ4v) is 0.939. The van der Waals surface area contributed by atoms with Gasteiger partial charge in [-0.15, -0.1) is 0 Å².